The summed E-state index contributed by atoms with van der Waals surface area (Å²) in [5, 5.41) is 5.72. The van der Waals surface area contributed by atoms with Gasteiger partial charge >= 0.3 is 0 Å². The van der Waals surface area contributed by atoms with Crippen LogP contribution in [0.2, 0.25) is 0 Å². The van der Waals surface area contributed by atoms with E-state index in [0.29, 0.717) is 16.8 Å². The summed E-state index contributed by atoms with van der Waals surface area (Å²) >= 11 is 5.12. The monoisotopic (exact) mass is 327 g/mol. The van der Waals surface area contributed by atoms with Crippen LogP contribution in [0.15, 0.2) is 54.6 Å². The van der Waals surface area contributed by atoms with Gasteiger partial charge in [-0.05, 0) is 48.6 Å². The SMILES string of the molecule is CN(C)C(=O)c1ccc(NC(=S)NC(=O)c2ccccc2)cc1. The number of thiocarbonyl (C=S) groups is 1. The van der Waals surface area contributed by atoms with Crippen LogP contribution < -0.4 is 10.6 Å². The van der Waals surface area contributed by atoms with Crippen LogP contribution >= 0.6 is 12.2 Å². The molecule has 0 bridgehead atoms. The summed E-state index contributed by atoms with van der Waals surface area (Å²) in [7, 11) is 3.39. The molecule has 0 aliphatic rings. The number of hydrogen-bond acceptors (Lipinski definition) is 3. The molecular formula is C17H17N3O2S. The molecule has 0 aromatic heterocycles. The predicted molar refractivity (Wildman–Crippen MR) is 94.6 cm³/mol. The fourth-order valence-corrected chi connectivity index (χ4v) is 2.09. The largest absolute Gasteiger partial charge is 0.345 e. The molecule has 2 rings (SSSR count). The lowest BCUT2D eigenvalue weighted by atomic mass is 10.2. The van der Waals surface area contributed by atoms with Crippen LogP contribution in [0, 0.1) is 0 Å². The number of hydrogen-bond donors (Lipinski definition) is 2. The van der Waals surface area contributed by atoms with Crippen molar-refractivity contribution in [2.24, 2.45) is 0 Å². The molecule has 5 nitrogen and oxygen atoms in total. The van der Waals surface area contributed by atoms with Crippen molar-refractivity contribution in [2.45, 2.75) is 0 Å². The molecule has 2 N–H and O–H groups in total. The van der Waals surface area contributed by atoms with Crippen LogP contribution in [0.3, 0.4) is 0 Å². The number of carbonyl (C=O) groups is 2. The van der Waals surface area contributed by atoms with Crippen molar-refractivity contribution in [1.82, 2.24) is 10.2 Å². The zero-order chi connectivity index (χ0) is 16.8. The summed E-state index contributed by atoms with van der Waals surface area (Å²) in [4.78, 5) is 25.3. The first-order valence-corrected chi connectivity index (χ1v) is 7.37. The van der Waals surface area contributed by atoms with Gasteiger partial charge in [0.1, 0.15) is 0 Å². The molecule has 0 saturated heterocycles. The van der Waals surface area contributed by atoms with Crippen molar-refractivity contribution < 1.29 is 9.59 Å². The minimum absolute atomic E-state index is 0.0727. The first-order chi connectivity index (χ1) is 11.0. The molecule has 0 aliphatic heterocycles. The molecule has 0 spiro atoms. The Balaban J connectivity index is 1.95. The van der Waals surface area contributed by atoms with Gasteiger partial charge in [-0.3, -0.25) is 14.9 Å². The average Bonchev–Trinajstić information content (AvgIpc) is 2.55. The van der Waals surface area contributed by atoms with E-state index in [1.54, 1.807) is 62.6 Å². The summed E-state index contributed by atoms with van der Waals surface area (Å²) in [6.07, 6.45) is 0. The molecule has 0 unspecified atom stereocenters. The Kier molecular flexibility index (Phi) is 5.43. The van der Waals surface area contributed by atoms with Crippen molar-refractivity contribution in [1.29, 1.82) is 0 Å². The van der Waals surface area contributed by atoms with E-state index in [0.717, 1.165) is 0 Å². The Morgan fingerprint density at radius 2 is 1.52 bits per heavy atom. The van der Waals surface area contributed by atoms with Crippen molar-refractivity contribution in [3.63, 3.8) is 0 Å². The maximum Gasteiger partial charge on any atom is 0.257 e. The minimum Gasteiger partial charge on any atom is -0.345 e. The van der Waals surface area contributed by atoms with Crippen LogP contribution in [-0.2, 0) is 0 Å². The second kappa shape index (κ2) is 7.51. The lowest BCUT2D eigenvalue weighted by Gasteiger charge is -2.12. The molecule has 0 radical (unpaired) electrons. The number of rotatable bonds is 3. The van der Waals surface area contributed by atoms with E-state index in [2.05, 4.69) is 10.6 Å². The second-order valence-corrected chi connectivity index (χ2v) is 5.46. The summed E-state index contributed by atoms with van der Waals surface area (Å²) in [6.45, 7) is 0. The lowest BCUT2D eigenvalue weighted by molar-refractivity contribution is 0.0827. The van der Waals surface area contributed by atoms with Gasteiger partial charge in [-0.15, -0.1) is 0 Å². The molecule has 0 heterocycles. The Bertz CT molecular complexity index is 712. The Hall–Kier alpha value is -2.73. The van der Waals surface area contributed by atoms with Crippen LogP contribution in [0.25, 0.3) is 0 Å². The standard InChI is InChI=1S/C17H17N3O2S/c1-20(2)16(22)13-8-10-14(11-9-13)18-17(23)19-15(21)12-6-4-3-5-7-12/h3-11H,1-2H3,(H2,18,19,21,23). The van der Waals surface area contributed by atoms with Crippen molar-refractivity contribution >= 4 is 34.8 Å². The molecule has 6 heteroatoms. The third-order valence-electron chi connectivity index (χ3n) is 3.06. The predicted octanol–water partition coefficient (Wildman–Crippen LogP) is 2.52. The third kappa shape index (κ3) is 4.62. The molecule has 2 amide bonds. The van der Waals surface area contributed by atoms with Gasteiger partial charge in [0.2, 0.25) is 0 Å². The van der Waals surface area contributed by atoms with E-state index in [1.165, 1.54) is 4.90 Å². The highest BCUT2D eigenvalue weighted by Gasteiger charge is 2.09. The molecule has 23 heavy (non-hydrogen) atoms. The molecule has 118 valence electrons. The van der Waals surface area contributed by atoms with Crippen molar-refractivity contribution in [3.8, 4) is 0 Å². The Morgan fingerprint density at radius 1 is 0.913 bits per heavy atom. The van der Waals surface area contributed by atoms with E-state index in [4.69, 9.17) is 12.2 Å². The van der Waals surface area contributed by atoms with Crippen molar-refractivity contribution in [2.75, 3.05) is 19.4 Å². The number of carbonyl (C=O) groups excluding carboxylic acids is 2. The molecule has 0 aliphatic carbocycles. The van der Waals surface area contributed by atoms with Crippen LogP contribution in [0.1, 0.15) is 20.7 Å². The quantitative estimate of drug-likeness (QED) is 0.851. The summed E-state index contributed by atoms with van der Waals surface area (Å²) in [5.41, 5.74) is 1.81. The fourth-order valence-electron chi connectivity index (χ4n) is 1.88. The highest BCUT2D eigenvalue weighted by Crippen LogP contribution is 2.11. The molecule has 0 atom stereocenters. The maximum atomic E-state index is 12.0. The molecule has 2 aromatic carbocycles. The first kappa shape index (κ1) is 16.6. The lowest BCUT2D eigenvalue weighted by Crippen LogP contribution is -2.34. The van der Waals surface area contributed by atoms with Crippen molar-refractivity contribution in [3.05, 3.63) is 65.7 Å². The van der Waals surface area contributed by atoms with Gasteiger partial charge in [0.25, 0.3) is 11.8 Å². The van der Waals surface area contributed by atoms with E-state index in [-0.39, 0.29) is 16.9 Å². The third-order valence-corrected chi connectivity index (χ3v) is 3.26. The van der Waals surface area contributed by atoms with Gasteiger partial charge in [0.15, 0.2) is 5.11 Å². The highest BCUT2D eigenvalue weighted by atomic mass is 32.1. The Morgan fingerprint density at radius 3 is 2.09 bits per heavy atom. The maximum absolute atomic E-state index is 12.0. The number of nitrogens with zero attached hydrogens (tertiary/aromatic N) is 1. The molecule has 0 fully saturated rings. The molecule has 2 aromatic rings. The topological polar surface area (TPSA) is 61.4 Å². The van der Waals surface area contributed by atoms with Gasteiger partial charge < -0.3 is 10.2 Å². The Labute approximate surface area is 140 Å². The zero-order valence-electron chi connectivity index (χ0n) is 12.9. The van der Waals surface area contributed by atoms with Crippen LogP contribution in [0.5, 0.6) is 0 Å². The average molecular weight is 327 g/mol. The van der Waals surface area contributed by atoms with E-state index >= 15 is 0 Å². The van der Waals surface area contributed by atoms with E-state index < -0.39 is 0 Å². The van der Waals surface area contributed by atoms with Gasteiger partial charge in [0.05, 0.1) is 0 Å². The first-order valence-electron chi connectivity index (χ1n) is 6.96. The zero-order valence-corrected chi connectivity index (χ0v) is 13.7. The van der Waals surface area contributed by atoms with Gasteiger partial charge in [-0.1, -0.05) is 18.2 Å². The number of nitrogens with one attached hydrogen (secondary N) is 2. The van der Waals surface area contributed by atoms with Gasteiger partial charge in [-0.25, -0.2) is 0 Å². The minimum atomic E-state index is -0.275. The smallest absolute Gasteiger partial charge is 0.257 e. The van der Waals surface area contributed by atoms with Crippen LogP contribution in [-0.4, -0.2) is 35.9 Å². The molecular weight excluding hydrogens is 310 g/mol. The number of benzene rings is 2. The summed E-state index contributed by atoms with van der Waals surface area (Å²) < 4.78 is 0. The van der Waals surface area contributed by atoms with Gasteiger partial charge in [0, 0.05) is 30.9 Å². The molecule has 0 saturated carbocycles. The summed E-state index contributed by atoms with van der Waals surface area (Å²) in [6, 6.07) is 15.7. The van der Waals surface area contributed by atoms with Crippen LogP contribution in [0.4, 0.5) is 5.69 Å². The summed E-state index contributed by atoms with van der Waals surface area (Å²) in [5.74, 6) is -0.348. The van der Waals surface area contributed by atoms with Gasteiger partial charge in [-0.2, -0.15) is 0 Å². The second-order valence-electron chi connectivity index (χ2n) is 5.05. The van der Waals surface area contributed by atoms with E-state index in [9.17, 15) is 9.59 Å². The highest BCUT2D eigenvalue weighted by molar-refractivity contribution is 7.80. The number of anilines is 1. The van der Waals surface area contributed by atoms with E-state index in [1.807, 2.05) is 6.07 Å². The number of amides is 2. The normalized spacial score (nSPS) is 9.83. The fraction of sp³-hybridized carbons (Fsp3) is 0.118.